The van der Waals surface area contributed by atoms with Crippen LogP contribution in [0.25, 0.3) is 11.0 Å². The van der Waals surface area contributed by atoms with Crippen molar-refractivity contribution in [3.63, 3.8) is 0 Å². The molecule has 25 heavy (non-hydrogen) atoms. The fourth-order valence-electron chi connectivity index (χ4n) is 3.35. The Hall–Kier alpha value is -2.83. The molecule has 7 heteroatoms. The standard InChI is InChI=1S/C18H16F2N4O/c19-14-6-12(7-15(20)8-14)5-11-3-4-24(10-11)18(25)16-2-1-13-9-21-23-17(13)22-16/h1-2,6-9,11H,3-5,10H2,(H,21,22,23). The molecule has 0 saturated carbocycles. The van der Waals surface area contributed by atoms with Gasteiger partial charge in [0.2, 0.25) is 0 Å². The van der Waals surface area contributed by atoms with E-state index >= 15 is 0 Å². The molecule has 3 heterocycles. The number of carbonyl (C=O) groups is 1. The van der Waals surface area contributed by atoms with Crippen molar-refractivity contribution < 1.29 is 13.6 Å². The zero-order valence-corrected chi connectivity index (χ0v) is 13.4. The molecule has 0 spiro atoms. The Kier molecular flexibility index (Phi) is 3.91. The fraction of sp³-hybridized carbons (Fsp3) is 0.278. The van der Waals surface area contributed by atoms with Crippen molar-refractivity contribution in [3.05, 3.63) is 59.4 Å². The summed E-state index contributed by atoms with van der Waals surface area (Å²) in [5.41, 5.74) is 1.57. The number of benzene rings is 1. The number of halogens is 2. The van der Waals surface area contributed by atoms with Gasteiger partial charge in [-0.25, -0.2) is 13.8 Å². The Balaban J connectivity index is 1.45. The molecule has 4 rings (SSSR count). The monoisotopic (exact) mass is 342 g/mol. The summed E-state index contributed by atoms with van der Waals surface area (Å²) in [5.74, 6) is -1.10. The molecular weight excluding hydrogens is 326 g/mol. The summed E-state index contributed by atoms with van der Waals surface area (Å²) in [6.07, 6.45) is 3.00. The van der Waals surface area contributed by atoms with E-state index < -0.39 is 11.6 Å². The lowest BCUT2D eigenvalue weighted by Crippen LogP contribution is -2.29. The molecule has 1 aliphatic heterocycles. The number of pyridine rings is 1. The molecule has 1 N–H and O–H groups in total. The van der Waals surface area contributed by atoms with Crippen LogP contribution in [-0.4, -0.2) is 39.1 Å². The minimum absolute atomic E-state index is 0.135. The predicted octanol–water partition coefficient (Wildman–Crippen LogP) is 2.94. The van der Waals surface area contributed by atoms with E-state index in [0.29, 0.717) is 36.4 Å². The number of aromatic amines is 1. The van der Waals surface area contributed by atoms with Crippen molar-refractivity contribution in [2.75, 3.05) is 13.1 Å². The number of hydrogen-bond acceptors (Lipinski definition) is 3. The molecule has 1 atom stereocenters. The third-order valence-corrected chi connectivity index (χ3v) is 4.54. The van der Waals surface area contributed by atoms with Crippen molar-refractivity contribution >= 4 is 16.9 Å². The number of H-pyrrole nitrogens is 1. The number of likely N-dealkylation sites (tertiary alicyclic amines) is 1. The van der Waals surface area contributed by atoms with Crippen molar-refractivity contribution in [1.29, 1.82) is 0 Å². The second kappa shape index (κ2) is 6.23. The van der Waals surface area contributed by atoms with E-state index in [1.54, 1.807) is 17.2 Å². The highest BCUT2D eigenvalue weighted by Crippen LogP contribution is 2.23. The van der Waals surface area contributed by atoms with Crippen molar-refractivity contribution in [3.8, 4) is 0 Å². The normalized spacial score (nSPS) is 17.4. The average Bonchev–Trinajstić information content (AvgIpc) is 3.21. The smallest absolute Gasteiger partial charge is 0.272 e. The van der Waals surface area contributed by atoms with Gasteiger partial charge in [-0.05, 0) is 48.6 Å². The van der Waals surface area contributed by atoms with E-state index in [9.17, 15) is 13.6 Å². The summed E-state index contributed by atoms with van der Waals surface area (Å²) in [7, 11) is 0. The first-order valence-electron chi connectivity index (χ1n) is 8.13. The molecule has 1 aliphatic rings. The van der Waals surface area contributed by atoms with Gasteiger partial charge in [0.15, 0.2) is 5.65 Å². The maximum Gasteiger partial charge on any atom is 0.272 e. The topological polar surface area (TPSA) is 61.9 Å². The van der Waals surface area contributed by atoms with Crippen LogP contribution in [-0.2, 0) is 6.42 Å². The quantitative estimate of drug-likeness (QED) is 0.796. The van der Waals surface area contributed by atoms with Gasteiger partial charge in [0.25, 0.3) is 5.91 Å². The molecule has 128 valence electrons. The molecule has 5 nitrogen and oxygen atoms in total. The van der Waals surface area contributed by atoms with Gasteiger partial charge in [-0.1, -0.05) is 0 Å². The van der Waals surface area contributed by atoms with Gasteiger partial charge in [-0.15, -0.1) is 0 Å². The van der Waals surface area contributed by atoms with Gasteiger partial charge in [0, 0.05) is 24.5 Å². The number of rotatable bonds is 3. The first kappa shape index (κ1) is 15.7. The third kappa shape index (κ3) is 3.22. The fourth-order valence-corrected chi connectivity index (χ4v) is 3.35. The van der Waals surface area contributed by atoms with Crippen LogP contribution in [0.4, 0.5) is 8.78 Å². The highest BCUT2D eigenvalue weighted by Gasteiger charge is 2.28. The average molecular weight is 342 g/mol. The molecule has 0 radical (unpaired) electrons. The van der Waals surface area contributed by atoms with Crippen LogP contribution >= 0.6 is 0 Å². The summed E-state index contributed by atoms with van der Waals surface area (Å²) in [5, 5.41) is 7.50. The zero-order chi connectivity index (χ0) is 17.4. The molecule has 3 aromatic rings. The highest BCUT2D eigenvalue weighted by atomic mass is 19.1. The van der Waals surface area contributed by atoms with Crippen LogP contribution in [0.3, 0.4) is 0 Å². The van der Waals surface area contributed by atoms with Crippen LogP contribution in [0.1, 0.15) is 22.5 Å². The van der Waals surface area contributed by atoms with Gasteiger partial charge in [0.05, 0.1) is 6.20 Å². The summed E-state index contributed by atoms with van der Waals surface area (Å²) < 4.78 is 26.6. The largest absolute Gasteiger partial charge is 0.337 e. The Morgan fingerprint density at radius 3 is 2.84 bits per heavy atom. The van der Waals surface area contributed by atoms with Gasteiger partial charge >= 0.3 is 0 Å². The second-order valence-corrected chi connectivity index (χ2v) is 6.39. The lowest BCUT2D eigenvalue weighted by molar-refractivity contribution is 0.0781. The molecule has 1 unspecified atom stereocenters. The van der Waals surface area contributed by atoms with Gasteiger partial charge in [0.1, 0.15) is 17.3 Å². The minimum atomic E-state index is -0.571. The van der Waals surface area contributed by atoms with Crippen molar-refractivity contribution in [2.45, 2.75) is 12.8 Å². The van der Waals surface area contributed by atoms with E-state index in [-0.39, 0.29) is 11.8 Å². The highest BCUT2D eigenvalue weighted by molar-refractivity contribution is 5.94. The third-order valence-electron chi connectivity index (χ3n) is 4.54. The van der Waals surface area contributed by atoms with Crippen LogP contribution < -0.4 is 0 Å². The predicted molar refractivity (Wildman–Crippen MR) is 88.0 cm³/mol. The Labute approximate surface area is 142 Å². The van der Waals surface area contributed by atoms with Crippen molar-refractivity contribution in [1.82, 2.24) is 20.1 Å². The number of fused-ring (bicyclic) bond motifs is 1. The first-order valence-corrected chi connectivity index (χ1v) is 8.13. The van der Waals surface area contributed by atoms with Crippen LogP contribution in [0.2, 0.25) is 0 Å². The molecule has 2 aromatic heterocycles. The number of aromatic nitrogens is 3. The maximum atomic E-state index is 13.3. The minimum Gasteiger partial charge on any atom is -0.337 e. The molecule has 1 saturated heterocycles. The number of hydrogen-bond donors (Lipinski definition) is 1. The van der Waals surface area contributed by atoms with Crippen LogP contribution in [0.15, 0.2) is 36.5 Å². The van der Waals surface area contributed by atoms with Gasteiger partial charge in [-0.3, -0.25) is 9.89 Å². The molecule has 1 fully saturated rings. The maximum absolute atomic E-state index is 13.3. The van der Waals surface area contributed by atoms with E-state index in [0.717, 1.165) is 17.9 Å². The Morgan fingerprint density at radius 1 is 1.24 bits per heavy atom. The van der Waals surface area contributed by atoms with E-state index in [1.807, 2.05) is 6.07 Å². The number of nitrogens with zero attached hydrogens (tertiary/aromatic N) is 3. The van der Waals surface area contributed by atoms with Crippen LogP contribution in [0, 0.1) is 17.6 Å². The molecule has 1 amide bonds. The van der Waals surface area contributed by atoms with Crippen molar-refractivity contribution in [2.24, 2.45) is 5.92 Å². The zero-order valence-electron chi connectivity index (χ0n) is 13.4. The molecule has 0 aliphatic carbocycles. The SMILES string of the molecule is O=C(c1ccc2cn[nH]c2n1)N1CCC(Cc2cc(F)cc(F)c2)C1. The first-order chi connectivity index (χ1) is 12.1. The lowest BCUT2D eigenvalue weighted by Gasteiger charge is -2.16. The summed E-state index contributed by atoms with van der Waals surface area (Å²) in [6.45, 7) is 1.17. The summed E-state index contributed by atoms with van der Waals surface area (Å²) >= 11 is 0. The van der Waals surface area contributed by atoms with E-state index in [1.165, 1.54) is 12.1 Å². The Bertz CT molecular complexity index is 919. The van der Waals surface area contributed by atoms with Crippen LogP contribution in [0.5, 0.6) is 0 Å². The second-order valence-electron chi connectivity index (χ2n) is 6.39. The number of nitrogens with one attached hydrogen (secondary N) is 1. The lowest BCUT2D eigenvalue weighted by atomic mass is 9.98. The van der Waals surface area contributed by atoms with Gasteiger partial charge in [-0.2, -0.15) is 5.10 Å². The van der Waals surface area contributed by atoms with E-state index in [4.69, 9.17) is 0 Å². The summed E-state index contributed by atoms with van der Waals surface area (Å²) in [6, 6.07) is 7.06. The summed E-state index contributed by atoms with van der Waals surface area (Å²) in [4.78, 5) is 18.7. The Morgan fingerprint density at radius 2 is 2.04 bits per heavy atom. The number of carbonyl (C=O) groups excluding carboxylic acids is 1. The van der Waals surface area contributed by atoms with E-state index in [2.05, 4.69) is 15.2 Å². The number of amides is 1. The molecule has 0 bridgehead atoms. The van der Waals surface area contributed by atoms with Gasteiger partial charge < -0.3 is 4.90 Å². The molecule has 1 aromatic carbocycles. The molecular formula is C18H16F2N4O.